The first-order valence-corrected chi connectivity index (χ1v) is 11.3. The number of methoxy groups -OCH3 is 1. The Hall–Kier alpha value is -3.02. The quantitative estimate of drug-likeness (QED) is 0.494. The first kappa shape index (κ1) is 25.2. The number of aryl methyl sites for hydroxylation is 1. The highest BCUT2D eigenvalue weighted by Crippen LogP contribution is 2.18. The van der Waals surface area contributed by atoms with E-state index >= 15 is 0 Å². The van der Waals surface area contributed by atoms with Crippen molar-refractivity contribution in [3.05, 3.63) is 59.7 Å². The number of nitrogens with zero attached hydrogens (tertiary/aromatic N) is 1. The Kier molecular flexibility index (Phi) is 10.1. The molecule has 2 amide bonds. The SMILES string of the molecule is CC[C@@H](C)NC(=O)[C@H](C)N(Cc1ccc(C)cc1)C(=O)CCCOc1ccc(OC)cc1. The van der Waals surface area contributed by atoms with Crippen LogP contribution in [0.15, 0.2) is 48.5 Å². The van der Waals surface area contributed by atoms with E-state index in [-0.39, 0.29) is 17.9 Å². The molecule has 6 nitrogen and oxygen atoms in total. The molecule has 0 aliphatic rings. The van der Waals surface area contributed by atoms with E-state index in [1.165, 1.54) is 0 Å². The van der Waals surface area contributed by atoms with Crippen LogP contribution < -0.4 is 14.8 Å². The maximum Gasteiger partial charge on any atom is 0.242 e. The largest absolute Gasteiger partial charge is 0.497 e. The molecule has 0 bridgehead atoms. The molecule has 0 heterocycles. The normalized spacial score (nSPS) is 12.5. The Morgan fingerprint density at radius 2 is 1.62 bits per heavy atom. The number of nitrogens with one attached hydrogen (secondary N) is 1. The van der Waals surface area contributed by atoms with Crippen LogP contribution in [0.5, 0.6) is 11.5 Å². The van der Waals surface area contributed by atoms with Gasteiger partial charge in [-0.15, -0.1) is 0 Å². The minimum Gasteiger partial charge on any atom is -0.497 e. The van der Waals surface area contributed by atoms with Gasteiger partial charge < -0.3 is 19.7 Å². The zero-order valence-corrected chi connectivity index (χ0v) is 19.9. The smallest absolute Gasteiger partial charge is 0.242 e. The van der Waals surface area contributed by atoms with E-state index in [4.69, 9.17) is 9.47 Å². The molecule has 2 aromatic carbocycles. The van der Waals surface area contributed by atoms with Crippen molar-refractivity contribution < 1.29 is 19.1 Å². The highest BCUT2D eigenvalue weighted by molar-refractivity contribution is 5.87. The van der Waals surface area contributed by atoms with Crippen molar-refractivity contribution in [1.82, 2.24) is 10.2 Å². The molecule has 2 aromatic rings. The van der Waals surface area contributed by atoms with Gasteiger partial charge in [0, 0.05) is 19.0 Å². The van der Waals surface area contributed by atoms with Crippen LogP contribution in [0.3, 0.4) is 0 Å². The van der Waals surface area contributed by atoms with E-state index in [2.05, 4.69) is 5.32 Å². The van der Waals surface area contributed by atoms with Gasteiger partial charge in [-0.3, -0.25) is 9.59 Å². The number of amides is 2. The zero-order chi connectivity index (χ0) is 23.5. The molecule has 32 heavy (non-hydrogen) atoms. The standard InChI is InChI=1S/C26H36N2O4/c1-6-20(3)27-26(30)21(4)28(18-22-11-9-19(2)10-12-22)25(29)8-7-17-32-24-15-13-23(31-5)14-16-24/h9-16,20-21H,6-8,17-18H2,1-5H3,(H,27,30)/t20-,21+/m1/s1. The minimum atomic E-state index is -0.555. The zero-order valence-electron chi connectivity index (χ0n) is 19.9. The fraction of sp³-hybridized carbons (Fsp3) is 0.462. The second-order valence-electron chi connectivity index (χ2n) is 8.13. The molecule has 6 heteroatoms. The van der Waals surface area contributed by atoms with Crippen LogP contribution in [-0.4, -0.2) is 42.5 Å². The maximum absolute atomic E-state index is 13.1. The lowest BCUT2D eigenvalue weighted by Crippen LogP contribution is -2.49. The third kappa shape index (κ3) is 7.91. The molecule has 1 N–H and O–H groups in total. The van der Waals surface area contributed by atoms with Crippen LogP contribution in [-0.2, 0) is 16.1 Å². The van der Waals surface area contributed by atoms with Gasteiger partial charge in [-0.1, -0.05) is 36.8 Å². The van der Waals surface area contributed by atoms with Gasteiger partial charge in [-0.05, 0) is 63.4 Å². The van der Waals surface area contributed by atoms with Crippen LogP contribution in [0.25, 0.3) is 0 Å². The predicted octanol–water partition coefficient (Wildman–Crippen LogP) is 4.49. The van der Waals surface area contributed by atoms with Gasteiger partial charge in [-0.2, -0.15) is 0 Å². The van der Waals surface area contributed by atoms with Gasteiger partial charge >= 0.3 is 0 Å². The van der Waals surface area contributed by atoms with Crippen molar-refractivity contribution in [2.24, 2.45) is 0 Å². The Balaban J connectivity index is 1.98. The van der Waals surface area contributed by atoms with Crippen LogP contribution in [0.1, 0.15) is 51.2 Å². The number of carbonyl (C=O) groups is 2. The molecule has 0 unspecified atom stereocenters. The highest BCUT2D eigenvalue weighted by atomic mass is 16.5. The number of carbonyl (C=O) groups excluding carboxylic acids is 2. The van der Waals surface area contributed by atoms with Crippen molar-refractivity contribution in [2.45, 2.75) is 65.6 Å². The topological polar surface area (TPSA) is 67.9 Å². The molecule has 0 aromatic heterocycles. The second kappa shape index (κ2) is 12.7. The fourth-order valence-electron chi connectivity index (χ4n) is 3.17. The van der Waals surface area contributed by atoms with E-state index < -0.39 is 6.04 Å². The molecule has 174 valence electrons. The Morgan fingerprint density at radius 1 is 1.00 bits per heavy atom. The summed E-state index contributed by atoms with van der Waals surface area (Å²) in [5.74, 6) is 1.31. The van der Waals surface area contributed by atoms with Gasteiger partial charge in [0.2, 0.25) is 11.8 Å². The lowest BCUT2D eigenvalue weighted by atomic mass is 10.1. The molecular weight excluding hydrogens is 404 g/mol. The van der Waals surface area contributed by atoms with Gasteiger partial charge in [0.05, 0.1) is 13.7 Å². The second-order valence-corrected chi connectivity index (χ2v) is 8.13. The average Bonchev–Trinajstić information content (AvgIpc) is 2.81. The van der Waals surface area contributed by atoms with E-state index in [9.17, 15) is 9.59 Å². The van der Waals surface area contributed by atoms with Crippen molar-refractivity contribution >= 4 is 11.8 Å². The summed E-state index contributed by atoms with van der Waals surface area (Å²) in [7, 11) is 1.62. The summed E-state index contributed by atoms with van der Waals surface area (Å²) in [6, 6.07) is 14.9. The molecular formula is C26H36N2O4. The predicted molar refractivity (Wildman–Crippen MR) is 127 cm³/mol. The summed E-state index contributed by atoms with van der Waals surface area (Å²) in [4.78, 5) is 27.5. The van der Waals surface area contributed by atoms with Crippen molar-refractivity contribution in [2.75, 3.05) is 13.7 Å². The van der Waals surface area contributed by atoms with Crippen molar-refractivity contribution in [3.63, 3.8) is 0 Å². The molecule has 2 rings (SSSR count). The summed E-state index contributed by atoms with van der Waals surface area (Å²) >= 11 is 0. The van der Waals surface area contributed by atoms with Crippen molar-refractivity contribution in [1.29, 1.82) is 0 Å². The van der Waals surface area contributed by atoms with E-state index in [0.717, 1.165) is 29.0 Å². The molecule has 0 radical (unpaired) electrons. The molecule has 0 spiro atoms. The number of benzene rings is 2. The number of rotatable bonds is 12. The summed E-state index contributed by atoms with van der Waals surface area (Å²) < 4.78 is 10.9. The number of hydrogen-bond donors (Lipinski definition) is 1. The molecule has 2 atom stereocenters. The first-order chi connectivity index (χ1) is 15.3. The lowest BCUT2D eigenvalue weighted by molar-refractivity contribution is -0.141. The fourth-order valence-corrected chi connectivity index (χ4v) is 3.17. The molecule has 0 fully saturated rings. The number of ether oxygens (including phenoxy) is 2. The minimum absolute atomic E-state index is 0.0595. The Labute approximate surface area is 191 Å². The summed E-state index contributed by atoms with van der Waals surface area (Å²) in [6.07, 6.45) is 1.71. The molecule has 0 saturated heterocycles. The van der Waals surface area contributed by atoms with Gasteiger partial charge in [-0.25, -0.2) is 0 Å². The third-order valence-electron chi connectivity index (χ3n) is 5.50. The van der Waals surface area contributed by atoms with Crippen LogP contribution in [0.4, 0.5) is 0 Å². The van der Waals surface area contributed by atoms with E-state index in [1.54, 1.807) is 18.9 Å². The maximum atomic E-state index is 13.1. The Morgan fingerprint density at radius 3 is 2.22 bits per heavy atom. The van der Waals surface area contributed by atoms with Crippen molar-refractivity contribution in [3.8, 4) is 11.5 Å². The van der Waals surface area contributed by atoms with Crippen LogP contribution in [0, 0.1) is 6.92 Å². The summed E-state index contributed by atoms with van der Waals surface area (Å²) in [5.41, 5.74) is 2.16. The Bertz CT molecular complexity index is 849. The number of hydrogen-bond acceptors (Lipinski definition) is 4. The third-order valence-corrected chi connectivity index (χ3v) is 5.50. The van der Waals surface area contributed by atoms with E-state index in [0.29, 0.717) is 26.0 Å². The summed E-state index contributed by atoms with van der Waals surface area (Å²) in [5, 5.41) is 2.99. The van der Waals surface area contributed by atoms with Crippen LogP contribution in [0.2, 0.25) is 0 Å². The summed E-state index contributed by atoms with van der Waals surface area (Å²) in [6.45, 7) is 8.62. The van der Waals surface area contributed by atoms with Gasteiger partial charge in [0.1, 0.15) is 17.5 Å². The van der Waals surface area contributed by atoms with Crippen LogP contribution >= 0.6 is 0 Å². The van der Waals surface area contributed by atoms with Gasteiger partial charge in [0.15, 0.2) is 0 Å². The van der Waals surface area contributed by atoms with Gasteiger partial charge in [0.25, 0.3) is 0 Å². The first-order valence-electron chi connectivity index (χ1n) is 11.3. The van der Waals surface area contributed by atoms with E-state index in [1.807, 2.05) is 69.3 Å². The average molecular weight is 441 g/mol. The molecule has 0 aliphatic heterocycles. The monoisotopic (exact) mass is 440 g/mol. The molecule has 0 aliphatic carbocycles. The lowest BCUT2D eigenvalue weighted by Gasteiger charge is -2.30. The molecule has 0 saturated carbocycles. The highest BCUT2D eigenvalue weighted by Gasteiger charge is 2.26.